The molecule has 202 valence electrons. The highest BCUT2D eigenvalue weighted by atomic mass is 35.5. The van der Waals surface area contributed by atoms with E-state index in [4.69, 9.17) is 23.2 Å². The van der Waals surface area contributed by atoms with Crippen LogP contribution in [0.2, 0.25) is 10.0 Å². The summed E-state index contributed by atoms with van der Waals surface area (Å²) in [6, 6.07) is 7.82. The number of rotatable bonds is 4. The molecule has 0 radical (unpaired) electrons. The Balaban J connectivity index is 0.000000689. The Bertz CT molecular complexity index is 1350. The highest BCUT2D eigenvalue weighted by Gasteiger charge is 2.34. The van der Waals surface area contributed by atoms with E-state index >= 15 is 0 Å². The van der Waals surface area contributed by atoms with Crippen molar-refractivity contribution in [2.75, 3.05) is 50.2 Å². The average Bonchev–Trinajstić information content (AvgIpc) is 3.65. The number of amides is 1. The second-order valence-electron chi connectivity index (χ2n) is 10.2. The molecule has 3 aliphatic rings. The van der Waals surface area contributed by atoms with Gasteiger partial charge in [0.05, 0.1) is 39.7 Å². The summed E-state index contributed by atoms with van der Waals surface area (Å²) in [5, 5.41) is 4.03. The first kappa shape index (κ1) is 26.8. The number of aromatic nitrogens is 2. The summed E-state index contributed by atoms with van der Waals surface area (Å²) in [6.07, 6.45) is 7.61. The van der Waals surface area contributed by atoms with Crippen molar-refractivity contribution in [3.8, 4) is 0 Å². The number of para-hydroxylation sites is 1. The molecule has 10 heteroatoms. The molecule has 0 spiro atoms. The number of likely N-dealkylation sites (N-methyl/N-ethyl adjacent to an activating group) is 1. The molecular weight excluding hydrogens is 521 g/mol. The maximum atomic E-state index is 13.5. The van der Waals surface area contributed by atoms with Crippen molar-refractivity contribution in [2.45, 2.75) is 39.2 Å². The van der Waals surface area contributed by atoms with Crippen LogP contribution < -0.4 is 15.2 Å². The maximum Gasteiger partial charge on any atom is 0.263 e. The number of unbranched alkanes of at least 4 members (excludes halogenated alkanes) is 1. The number of hydrazine groups is 1. The lowest BCUT2D eigenvalue weighted by atomic mass is 10.1. The van der Waals surface area contributed by atoms with Gasteiger partial charge in [0, 0.05) is 49.2 Å². The van der Waals surface area contributed by atoms with Crippen LogP contribution in [0.1, 0.15) is 49.2 Å². The monoisotopic (exact) mass is 555 g/mol. The number of anilines is 2. The Morgan fingerprint density at radius 1 is 1.11 bits per heavy atom. The molecule has 1 fully saturated rings. The molecule has 1 atom stereocenters. The normalized spacial score (nSPS) is 19.6. The van der Waals surface area contributed by atoms with E-state index in [0.717, 1.165) is 48.5 Å². The van der Waals surface area contributed by atoms with Crippen molar-refractivity contribution in [1.82, 2.24) is 25.3 Å². The summed E-state index contributed by atoms with van der Waals surface area (Å²) in [5.41, 5.74) is 8.35. The number of fused-ring (bicyclic) bond motifs is 3. The van der Waals surface area contributed by atoms with Crippen LogP contribution in [0.3, 0.4) is 0 Å². The molecule has 2 N–H and O–H groups in total. The molecule has 3 aromatic rings. The zero-order valence-corrected chi connectivity index (χ0v) is 23.9. The number of benzene rings is 1. The third kappa shape index (κ3) is 4.98. The van der Waals surface area contributed by atoms with Gasteiger partial charge in [-0.3, -0.25) is 9.69 Å². The van der Waals surface area contributed by atoms with Crippen LogP contribution in [-0.2, 0) is 0 Å². The molecule has 0 bridgehead atoms. The van der Waals surface area contributed by atoms with Crippen molar-refractivity contribution in [2.24, 2.45) is 0 Å². The number of aromatic amines is 1. The molecule has 1 saturated heterocycles. The predicted octanol–water partition coefficient (Wildman–Crippen LogP) is 5.60. The van der Waals surface area contributed by atoms with Gasteiger partial charge < -0.3 is 19.8 Å². The first-order valence-corrected chi connectivity index (χ1v) is 14.0. The molecule has 0 aliphatic carbocycles. The number of carbonyl (C=O) groups is 1. The van der Waals surface area contributed by atoms with Gasteiger partial charge in [-0.05, 0) is 38.2 Å². The minimum absolute atomic E-state index is 0.168. The third-order valence-electron chi connectivity index (χ3n) is 7.40. The van der Waals surface area contributed by atoms with Crippen molar-refractivity contribution < 1.29 is 4.79 Å². The lowest BCUT2D eigenvalue weighted by molar-refractivity contribution is 0.0982. The summed E-state index contributed by atoms with van der Waals surface area (Å²) in [7, 11) is 4.12. The number of H-pyrrole nitrogens is 1. The molecule has 8 nitrogen and oxygen atoms in total. The van der Waals surface area contributed by atoms with Crippen molar-refractivity contribution in [3.05, 3.63) is 58.0 Å². The molecule has 1 aromatic carbocycles. The number of nitrogens with one attached hydrogen (secondary N) is 2. The highest BCUT2D eigenvalue weighted by molar-refractivity contribution is 6.40. The quantitative estimate of drug-likeness (QED) is 0.437. The second-order valence-corrected chi connectivity index (χ2v) is 11.0. The minimum Gasteiger partial charge on any atom is -0.355 e. The standard InChI is InChI=1S/C24H25Cl2N7O.C4H10/c1-30-7-6-15(12-30)33-11-14(9-28-33)20-8-16-21-17(10-27-23(16)29-20)24(34)32(13-31(21)2)22-18(25)4-3-5-19(22)26;1-3-4-2/h3-5,8,10-11,15,28H,6-7,9,12-13H2,1-2H3,(H,27,29);3-4H2,1-2H3. The van der Waals surface area contributed by atoms with Crippen molar-refractivity contribution in [3.63, 3.8) is 0 Å². The number of hydrogen-bond donors (Lipinski definition) is 2. The fourth-order valence-electron chi connectivity index (χ4n) is 5.19. The fourth-order valence-corrected chi connectivity index (χ4v) is 5.79. The summed E-state index contributed by atoms with van der Waals surface area (Å²) in [4.78, 5) is 27.5. The molecule has 3 aliphatic heterocycles. The maximum absolute atomic E-state index is 13.5. The van der Waals surface area contributed by atoms with E-state index in [2.05, 4.69) is 58.5 Å². The summed E-state index contributed by atoms with van der Waals surface area (Å²) in [6.45, 7) is 7.62. The Morgan fingerprint density at radius 3 is 2.50 bits per heavy atom. The van der Waals surface area contributed by atoms with Crippen molar-refractivity contribution in [1.29, 1.82) is 0 Å². The smallest absolute Gasteiger partial charge is 0.263 e. The lowest BCUT2D eigenvalue weighted by Crippen LogP contribution is -2.45. The van der Waals surface area contributed by atoms with E-state index in [0.29, 0.717) is 34.0 Å². The lowest BCUT2D eigenvalue weighted by Gasteiger charge is -2.36. The molecule has 6 rings (SSSR count). The van der Waals surface area contributed by atoms with E-state index in [1.807, 2.05) is 11.9 Å². The van der Waals surface area contributed by atoms with Crippen LogP contribution in [-0.4, -0.2) is 72.2 Å². The topological polar surface area (TPSA) is 70.7 Å². The minimum atomic E-state index is -0.168. The van der Waals surface area contributed by atoms with Crippen molar-refractivity contribution >= 4 is 57.1 Å². The zero-order valence-electron chi connectivity index (χ0n) is 22.4. The van der Waals surface area contributed by atoms with Crippen LogP contribution in [0.15, 0.2) is 36.7 Å². The molecule has 2 aromatic heterocycles. The number of hydrogen-bond acceptors (Lipinski definition) is 6. The average molecular weight is 557 g/mol. The Hall–Kier alpha value is -2.78. The van der Waals surface area contributed by atoms with E-state index in [1.54, 1.807) is 29.3 Å². The van der Waals surface area contributed by atoms with Gasteiger partial charge in [-0.25, -0.2) is 10.4 Å². The number of likely N-dealkylation sites (tertiary alicyclic amines) is 1. The summed E-state index contributed by atoms with van der Waals surface area (Å²) in [5.74, 6) is -0.168. The molecule has 1 unspecified atom stereocenters. The van der Waals surface area contributed by atoms with Crippen LogP contribution in [0.4, 0.5) is 11.4 Å². The van der Waals surface area contributed by atoms with E-state index < -0.39 is 0 Å². The summed E-state index contributed by atoms with van der Waals surface area (Å²) >= 11 is 12.8. The van der Waals surface area contributed by atoms with Gasteiger partial charge >= 0.3 is 0 Å². The molecule has 5 heterocycles. The van der Waals surface area contributed by atoms with Gasteiger partial charge in [-0.15, -0.1) is 0 Å². The summed E-state index contributed by atoms with van der Waals surface area (Å²) < 4.78 is 0. The largest absolute Gasteiger partial charge is 0.355 e. The van der Waals surface area contributed by atoms with Gasteiger partial charge in [0.15, 0.2) is 0 Å². The molecular formula is C28H35Cl2N7O. The number of halogens is 2. The van der Waals surface area contributed by atoms with Crippen LogP contribution >= 0.6 is 23.2 Å². The molecule has 0 saturated carbocycles. The van der Waals surface area contributed by atoms with E-state index in [1.165, 1.54) is 18.4 Å². The van der Waals surface area contributed by atoms with E-state index in [9.17, 15) is 4.79 Å². The van der Waals surface area contributed by atoms with E-state index in [-0.39, 0.29) is 5.91 Å². The highest BCUT2D eigenvalue weighted by Crippen LogP contribution is 2.40. The Labute approximate surface area is 234 Å². The van der Waals surface area contributed by atoms with Crippen LogP contribution in [0.25, 0.3) is 16.6 Å². The predicted molar refractivity (Wildman–Crippen MR) is 157 cm³/mol. The van der Waals surface area contributed by atoms with Gasteiger partial charge in [-0.2, -0.15) is 0 Å². The number of nitrogens with zero attached hydrogens (tertiary/aromatic N) is 5. The first-order valence-electron chi connectivity index (χ1n) is 13.2. The van der Waals surface area contributed by atoms with Gasteiger partial charge in [-0.1, -0.05) is 56.0 Å². The van der Waals surface area contributed by atoms with Gasteiger partial charge in [0.2, 0.25) is 0 Å². The van der Waals surface area contributed by atoms with Gasteiger partial charge in [0.1, 0.15) is 5.65 Å². The molecule has 38 heavy (non-hydrogen) atoms. The van der Waals surface area contributed by atoms with Gasteiger partial charge in [0.25, 0.3) is 5.91 Å². The Kier molecular flexibility index (Phi) is 7.86. The van der Waals surface area contributed by atoms with Crippen LogP contribution in [0.5, 0.6) is 0 Å². The SMILES string of the molecule is CCCC.CN1CCC(N2C=C(c3cc4c5c(cnc4[nH]3)C(=O)N(c3c(Cl)cccc3Cl)CN5C)CN2)C1. The number of carbonyl (C=O) groups excluding carboxylic acids is 1. The third-order valence-corrected chi connectivity index (χ3v) is 8.01. The number of pyridine rings is 1. The first-order chi connectivity index (χ1) is 18.3. The van der Waals surface area contributed by atoms with Crippen LogP contribution in [0, 0.1) is 0 Å². The molecule has 1 amide bonds. The zero-order chi connectivity index (χ0) is 27.0. The fraction of sp³-hybridized carbons (Fsp3) is 0.429. The second kappa shape index (κ2) is 11.1. The Morgan fingerprint density at radius 2 is 1.84 bits per heavy atom.